The molecule has 0 aliphatic carbocycles. The van der Waals surface area contributed by atoms with Crippen LogP contribution in [0.25, 0.3) is 0 Å². The fourth-order valence-electron chi connectivity index (χ4n) is 3.07. The molecule has 4 heteroatoms. The number of hydrogen-bond donors (Lipinski definition) is 1. The molecule has 112 valence electrons. The normalized spacial score (nSPS) is 18.6. The molecule has 1 aliphatic heterocycles. The molecule has 1 aromatic carbocycles. The fourth-order valence-corrected chi connectivity index (χ4v) is 3.07. The average Bonchev–Trinajstić information content (AvgIpc) is 2.37. The van der Waals surface area contributed by atoms with Gasteiger partial charge in [0.05, 0.1) is 0 Å². The summed E-state index contributed by atoms with van der Waals surface area (Å²) in [5.74, 6) is 0.190. The highest BCUT2D eigenvalue weighted by atomic mass is 35.5. The van der Waals surface area contributed by atoms with Crippen molar-refractivity contribution < 1.29 is 4.79 Å². The number of hydrogen-bond acceptors (Lipinski definition) is 2. The van der Waals surface area contributed by atoms with Crippen LogP contribution in [0.4, 0.5) is 0 Å². The molecule has 1 saturated heterocycles. The molecule has 0 bridgehead atoms. The van der Waals surface area contributed by atoms with Crippen molar-refractivity contribution >= 4 is 18.3 Å². The van der Waals surface area contributed by atoms with E-state index in [9.17, 15) is 4.79 Å². The number of halogens is 1. The number of carbonyl (C=O) groups excluding carboxylic acids is 1. The summed E-state index contributed by atoms with van der Waals surface area (Å²) in [6, 6.07) is 4.63. The van der Waals surface area contributed by atoms with Gasteiger partial charge in [-0.05, 0) is 51.8 Å². The summed E-state index contributed by atoms with van der Waals surface area (Å²) in [6.45, 7) is 7.84. The number of piperidine rings is 1. The van der Waals surface area contributed by atoms with Gasteiger partial charge in [-0.25, -0.2) is 0 Å². The van der Waals surface area contributed by atoms with Crippen molar-refractivity contribution in [2.45, 2.75) is 39.7 Å². The van der Waals surface area contributed by atoms with Crippen molar-refractivity contribution in [3.8, 4) is 0 Å². The van der Waals surface area contributed by atoms with Crippen LogP contribution >= 0.6 is 12.4 Å². The molecule has 3 nitrogen and oxygen atoms in total. The molecule has 2 rings (SSSR count). The van der Waals surface area contributed by atoms with Crippen LogP contribution in [0.5, 0.6) is 0 Å². The standard InChI is InChI=1S/C16H24N2O.ClH/c1-11-8-12(2)15(13(3)9-11)16(19)18-7-5-6-14(10-18)17-4;/h8-9,14,17H,5-7,10H2,1-4H3;1H. The molecule has 0 radical (unpaired) electrons. The summed E-state index contributed by atoms with van der Waals surface area (Å²) in [6.07, 6.45) is 2.24. The van der Waals surface area contributed by atoms with Crippen molar-refractivity contribution in [3.63, 3.8) is 0 Å². The van der Waals surface area contributed by atoms with Gasteiger partial charge in [0.2, 0.25) is 0 Å². The lowest BCUT2D eigenvalue weighted by Gasteiger charge is -2.33. The van der Waals surface area contributed by atoms with E-state index in [1.165, 1.54) is 5.56 Å². The topological polar surface area (TPSA) is 32.3 Å². The highest BCUT2D eigenvalue weighted by Gasteiger charge is 2.25. The Hall–Kier alpha value is -1.06. The summed E-state index contributed by atoms with van der Waals surface area (Å²) in [4.78, 5) is 14.7. The number of amides is 1. The minimum absolute atomic E-state index is 0. The molecule has 0 aromatic heterocycles. The predicted octanol–water partition coefficient (Wildman–Crippen LogP) is 2.86. The van der Waals surface area contributed by atoms with Gasteiger partial charge in [-0.1, -0.05) is 17.7 Å². The van der Waals surface area contributed by atoms with Crippen LogP contribution in [0, 0.1) is 20.8 Å². The van der Waals surface area contributed by atoms with E-state index in [0.29, 0.717) is 6.04 Å². The minimum Gasteiger partial charge on any atom is -0.337 e. The summed E-state index contributed by atoms with van der Waals surface area (Å²) in [5, 5.41) is 3.28. The zero-order chi connectivity index (χ0) is 14.0. The van der Waals surface area contributed by atoms with E-state index < -0.39 is 0 Å². The first-order chi connectivity index (χ1) is 9.02. The zero-order valence-electron chi connectivity index (χ0n) is 12.8. The maximum atomic E-state index is 12.7. The van der Waals surface area contributed by atoms with Crippen LogP contribution in [-0.2, 0) is 0 Å². The predicted molar refractivity (Wildman–Crippen MR) is 85.9 cm³/mol. The summed E-state index contributed by atoms with van der Waals surface area (Å²) < 4.78 is 0. The molecule has 1 atom stereocenters. The van der Waals surface area contributed by atoms with Gasteiger partial charge < -0.3 is 10.2 Å². The molecule has 20 heavy (non-hydrogen) atoms. The number of likely N-dealkylation sites (N-methyl/N-ethyl adjacent to an activating group) is 1. The highest BCUT2D eigenvalue weighted by Crippen LogP contribution is 2.20. The number of rotatable bonds is 2. The van der Waals surface area contributed by atoms with E-state index in [1.807, 2.05) is 25.8 Å². The molecule has 1 aliphatic rings. The lowest BCUT2D eigenvalue weighted by atomic mass is 9.97. The largest absolute Gasteiger partial charge is 0.337 e. The highest BCUT2D eigenvalue weighted by molar-refractivity contribution is 5.97. The molecule has 0 spiro atoms. The van der Waals surface area contributed by atoms with Gasteiger partial charge in [-0.3, -0.25) is 4.79 Å². The number of carbonyl (C=O) groups is 1. The Bertz CT molecular complexity index is 464. The van der Waals surface area contributed by atoms with E-state index in [2.05, 4.69) is 24.4 Å². The van der Waals surface area contributed by atoms with Gasteiger partial charge in [0.15, 0.2) is 0 Å². The third kappa shape index (κ3) is 3.53. The smallest absolute Gasteiger partial charge is 0.254 e. The zero-order valence-corrected chi connectivity index (χ0v) is 13.6. The number of nitrogens with one attached hydrogen (secondary N) is 1. The van der Waals surface area contributed by atoms with Crippen molar-refractivity contribution in [2.24, 2.45) is 0 Å². The Kier molecular flexibility index (Phi) is 6.03. The van der Waals surface area contributed by atoms with Gasteiger partial charge in [0, 0.05) is 24.7 Å². The summed E-state index contributed by atoms with van der Waals surface area (Å²) >= 11 is 0. The number of nitrogens with zero attached hydrogens (tertiary/aromatic N) is 1. The molecule has 1 amide bonds. The molecule has 0 saturated carbocycles. The van der Waals surface area contributed by atoms with Gasteiger partial charge in [-0.15, -0.1) is 12.4 Å². The first-order valence-corrected chi connectivity index (χ1v) is 7.07. The van der Waals surface area contributed by atoms with Gasteiger partial charge in [-0.2, -0.15) is 0 Å². The van der Waals surface area contributed by atoms with Crippen molar-refractivity contribution in [2.75, 3.05) is 20.1 Å². The second-order valence-electron chi connectivity index (χ2n) is 5.65. The third-order valence-corrected chi connectivity index (χ3v) is 4.01. The molecular weight excluding hydrogens is 272 g/mol. The van der Waals surface area contributed by atoms with Crippen molar-refractivity contribution in [3.05, 3.63) is 34.4 Å². The van der Waals surface area contributed by atoms with E-state index >= 15 is 0 Å². The van der Waals surface area contributed by atoms with Gasteiger partial charge in [0.25, 0.3) is 5.91 Å². The fraction of sp³-hybridized carbons (Fsp3) is 0.562. The second kappa shape index (κ2) is 7.09. The Morgan fingerprint density at radius 3 is 2.40 bits per heavy atom. The number of likely N-dealkylation sites (tertiary alicyclic amines) is 1. The lowest BCUT2D eigenvalue weighted by molar-refractivity contribution is 0.0696. The maximum Gasteiger partial charge on any atom is 0.254 e. The number of benzene rings is 1. The minimum atomic E-state index is 0. The first-order valence-electron chi connectivity index (χ1n) is 7.07. The van der Waals surface area contributed by atoms with Crippen molar-refractivity contribution in [1.29, 1.82) is 0 Å². The van der Waals surface area contributed by atoms with Crippen molar-refractivity contribution in [1.82, 2.24) is 10.2 Å². The Balaban J connectivity index is 0.00000200. The van der Waals surface area contributed by atoms with Crippen LogP contribution in [-0.4, -0.2) is 37.0 Å². The van der Waals surface area contributed by atoms with E-state index in [1.54, 1.807) is 0 Å². The Morgan fingerprint density at radius 2 is 1.85 bits per heavy atom. The molecule has 1 heterocycles. The van der Waals surface area contributed by atoms with Gasteiger partial charge in [0.1, 0.15) is 0 Å². The summed E-state index contributed by atoms with van der Waals surface area (Å²) in [5.41, 5.74) is 4.30. The van der Waals surface area contributed by atoms with Crippen LogP contribution in [0.15, 0.2) is 12.1 Å². The third-order valence-electron chi connectivity index (χ3n) is 4.01. The Labute approximate surface area is 128 Å². The van der Waals surface area contributed by atoms with Gasteiger partial charge >= 0.3 is 0 Å². The SMILES string of the molecule is CNC1CCCN(C(=O)c2c(C)cc(C)cc2C)C1.Cl. The van der Waals surface area contributed by atoms with Crippen LogP contribution in [0.1, 0.15) is 39.9 Å². The maximum absolute atomic E-state index is 12.7. The van der Waals surface area contributed by atoms with E-state index in [-0.39, 0.29) is 18.3 Å². The molecule has 1 aromatic rings. The average molecular weight is 297 g/mol. The quantitative estimate of drug-likeness (QED) is 0.910. The second-order valence-corrected chi connectivity index (χ2v) is 5.65. The molecule has 1 fully saturated rings. The monoisotopic (exact) mass is 296 g/mol. The molecular formula is C16H25ClN2O. The number of aryl methyl sites for hydroxylation is 3. The summed E-state index contributed by atoms with van der Waals surface area (Å²) in [7, 11) is 1.97. The van der Waals surface area contributed by atoms with Crippen LogP contribution in [0.3, 0.4) is 0 Å². The van der Waals surface area contributed by atoms with E-state index in [4.69, 9.17) is 0 Å². The Morgan fingerprint density at radius 1 is 1.25 bits per heavy atom. The van der Waals surface area contributed by atoms with E-state index in [0.717, 1.165) is 42.6 Å². The lowest BCUT2D eigenvalue weighted by Crippen LogP contribution is -2.47. The van der Waals surface area contributed by atoms with Crippen LogP contribution < -0.4 is 5.32 Å². The van der Waals surface area contributed by atoms with Crippen LogP contribution in [0.2, 0.25) is 0 Å². The molecule has 1 N–H and O–H groups in total. The molecule has 1 unspecified atom stereocenters. The first kappa shape index (κ1) is 17.0.